The van der Waals surface area contributed by atoms with E-state index in [1.807, 2.05) is 42.5 Å². The highest BCUT2D eigenvalue weighted by Gasteiger charge is 2.16. The predicted molar refractivity (Wildman–Crippen MR) is 80.5 cm³/mol. The lowest BCUT2D eigenvalue weighted by molar-refractivity contribution is 0.522. The zero-order valence-corrected chi connectivity index (χ0v) is 11.5. The highest BCUT2D eigenvalue weighted by atomic mass is 32.2. The Balaban J connectivity index is 2.05. The van der Waals surface area contributed by atoms with E-state index in [0.717, 1.165) is 22.3 Å². The molecule has 0 radical (unpaired) electrons. The molecule has 1 heterocycles. The van der Waals surface area contributed by atoms with Crippen LogP contribution in [-0.2, 0) is 0 Å². The van der Waals surface area contributed by atoms with E-state index < -0.39 is 0 Å². The molecule has 0 saturated heterocycles. The number of nitrogens with two attached hydrogens (primary N) is 1. The Bertz CT molecular complexity index is 672. The van der Waals surface area contributed by atoms with Gasteiger partial charge < -0.3 is 10.2 Å². The maximum Gasteiger partial charge on any atom is 0.134 e. The Kier molecular flexibility index (Phi) is 3.32. The summed E-state index contributed by atoms with van der Waals surface area (Å²) in [7, 11) is 0. The zero-order valence-electron chi connectivity index (χ0n) is 10.7. The number of hydrogen-bond donors (Lipinski definition) is 1. The summed E-state index contributed by atoms with van der Waals surface area (Å²) in [6.45, 7) is 0. The molecule has 1 unspecified atom stereocenters. The van der Waals surface area contributed by atoms with Crippen LogP contribution in [0.4, 0.5) is 0 Å². The maximum absolute atomic E-state index is 6.35. The molecular weight excluding hydrogens is 254 g/mol. The van der Waals surface area contributed by atoms with E-state index in [-0.39, 0.29) is 6.04 Å². The average molecular weight is 269 g/mol. The van der Waals surface area contributed by atoms with Crippen LogP contribution in [0.5, 0.6) is 0 Å². The highest BCUT2D eigenvalue weighted by molar-refractivity contribution is 7.98. The second-order valence-electron chi connectivity index (χ2n) is 4.41. The number of rotatable bonds is 3. The number of furan rings is 1. The third-order valence-corrected chi connectivity index (χ3v) is 4.04. The van der Waals surface area contributed by atoms with Gasteiger partial charge in [0.15, 0.2) is 0 Å². The lowest BCUT2D eigenvalue weighted by Crippen LogP contribution is -2.11. The van der Waals surface area contributed by atoms with Crippen LogP contribution in [0.25, 0.3) is 11.0 Å². The van der Waals surface area contributed by atoms with Gasteiger partial charge in [-0.1, -0.05) is 36.4 Å². The normalized spacial score (nSPS) is 12.7. The standard InChI is InChI=1S/C16H15NOS/c1-19-15-9-5-3-7-12(15)16(17)14-10-11-6-2-4-8-13(11)18-14/h2-10,16H,17H2,1H3. The summed E-state index contributed by atoms with van der Waals surface area (Å²) < 4.78 is 5.85. The van der Waals surface area contributed by atoms with E-state index in [2.05, 4.69) is 18.4 Å². The van der Waals surface area contributed by atoms with Crippen molar-refractivity contribution in [3.05, 3.63) is 65.9 Å². The SMILES string of the molecule is CSc1ccccc1C(N)c1cc2ccccc2o1. The fourth-order valence-electron chi connectivity index (χ4n) is 2.23. The molecule has 0 fully saturated rings. The van der Waals surface area contributed by atoms with Gasteiger partial charge >= 0.3 is 0 Å². The molecule has 1 aromatic heterocycles. The molecule has 0 spiro atoms. The number of fused-ring (bicyclic) bond motifs is 1. The van der Waals surface area contributed by atoms with E-state index in [1.54, 1.807) is 11.8 Å². The minimum Gasteiger partial charge on any atom is -0.459 e. The van der Waals surface area contributed by atoms with Crippen LogP contribution in [0, 0.1) is 0 Å². The zero-order chi connectivity index (χ0) is 13.2. The second-order valence-corrected chi connectivity index (χ2v) is 5.25. The van der Waals surface area contributed by atoms with Crippen molar-refractivity contribution in [2.24, 2.45) is 5.73 Å². The Labute approximate surface area is 116 Å². The molecular formula is C16H15NOS. The van der Waals surface area contributed by atoms with Crippen LogP contribution < -0.4 is 5.73 Å². The van der Waals surface area contributed by atoms with E-state index in [0.29, 0.717) is 0 Å². The molecule has 2 N–H and O–H groups in total. The van der Waals surface area contributed by atoms with E-state index in [1.165, 1.54) is 4.90 Å². The lowest BCUT2D eigenvalue weighted by atomic mass is 10.1. The van der Waals surface area contributed by atoms with Crippen molar-refractivity contribution in [3.8, 4) is 0 Å². The first kappa shape index (κ1) is 12.3. The van der Waals surface area contributed by atoms with E-state index in [4.69, 9.17) is 10.2 Å². The average Bonchev–Trinajstić information content (AvgIpc) is 2.90. The Hall–Kier alpha value is -1.71. The van der Waals surface area contributed by atoms with Gasteiger partial charge in [0.05, 0.1) is 6.04 Å². The number of hydrogen-bond acceptors (Lipinski definition) is 3. The summed E-state index contributed by atoms with van der Waals surface area (Å²) in [5.74, 6) is 0.808. The largest absolute Gasteiger partial charge is 0.459 e. The molecule has 0 saturated carbocycles. The van der Waals surface area contributed by atoms with E-state index >= 15 is 0 Å². The predicted octanol–water partition coefficient (Wildman–Crippen LogP) is 4.20. The van der Waals surface area contributed by atoms with E-state index in [9.17, 15) is 0 Å². The van der Waals surface area contributed by atoms with Gasteiger partial charge in [-0.2, -0.15) is 0 Å². The van der Waals surface area contributed by atoms with Gasteiger partial charge in [0, 0.05) is 10.3 Å². The summed E-state index contributed by atoms with van der Waals surface area (Å²) in [6.07, 6.45) is 2.06. The summed E-state index contributed by atoms with van der Waals surface area (Å²) in [6, 6.07) is 18.0. The first-order valence-electron chi connectivity index (χ1n) is 6.16. The van der Waals surface area contributed by atoms with Crippen molar-refractivity contribution in [2.45, 2.75) is 10.9 Å². The monoisotopic (exact) mass is 269 g/mol. The van der Waals surface area contributed by atoms with Gasteiger partial charge in [-0.05, 0) is 30.0 Å². The van der Waals surface area contributed by atoms with Crippen LogP contribution in [0.15, 0.2) is 63.9 Å². The smallest absolute Gasteiger partial charge is 0.134 e. The topological polar surface area (TPSA) is 39.2 Å². The fraction of sp³-hybridized carbons (Fsp3) is 0.125. The summed E-state index contributed by atoms with van der Waals surface area (Å²) in [5.41, 5.74) is 8.34. The maximum atomic E-state index is 6.35. The molecule has 0 aliphatic heterocycles. The Morgan fingerprint density at radius 1 is 1.05 bits per heavy atom. The molecule has 19 heavy (non-hydrogen) atoms. The van der Waals surface area contributed by atoms with Crippen molar-refractivity contribution in [2.75, 3.05) is 6.26 Å². The number of thioether (sulfide) groups is 1. The van der Waals surface area contributed by atoms with Crippen LogP contribution in [0.3, 0.4) is 0 Å². The molecule has 3 aromatic rings. The number of benzene rings is 2. The van der Waals surface area contributed by atoms with Gasteiger partial charge in [-0.3, -0.25) is 0 Å². The first-order chi connectivity index (χ1) is 9.29. The Morgan fingerprint density at radius 3 is 2.58 bits per heavy atom. The molecule has 0 bridgehead atoms. The van der Waals surface area contributed by atoms with Gasteiger partial charge in [-0.25, -0.2) is 0 Å². The summed E-state index contributed by atoms with van der Waals surface area (Å²) >= 11 is 1.70. The van der Waals surface area contributed by atoms with Gasteiger partial charge in [-0.15, -0.1) is 11.8 Å². The summed E-state index contributed by atoms with van der Waals surface area (Å²) in [5, 5.41) is 1.09. The second kappa shape index (κ2) is 5.11. The van der Waals surface area contributed by atoms with Gasteiger partial charge in [0.2, 0.25) is 0 Å². The lowest BCUT2D eigenvalue weighted by Gasteiger charge is -2.12. The van der Waals surface area contributed by atoms with Crippen molar-refractivity contribution in [3.63, 3.8) is 0 Å². The molecule has 1 atom stereocenters. The van der Waals surface area contributed by atoms with Crippen molar-refractivity contribution < 1.29 is 4.42 Å². The highest BCUT2D eigenvalue weighted by Crippen LogP contribution is 2.31. The third-order valence-electron chi connectivity index (χ3n) is 3.23. The molecule has 3 rings (SSSR count). The number of para-hydroxylation sites is 1. The molecule has 0 amide bonds. The minimum absolute atomic E-state index is 0.226. The Morgan fingerprint density at radius 2 is 1.79 bits per heavy atom. The quantitative estimate of drug-likeness (QED) is 0.724. The van der Waals surface area contributed by atoms with Crippen molar-refractivity contribution in [1.82, 2.24) is 0 Å². The molecule has 2 nitrogen and oxygen atoms in total. The van der Waals surface area contributed by atoms with Crippen LogP contribution >= 0.6 is 11.8 Å². The molecule has 3 heteroatoms. The molecule has 0 aliphatic carbocycles. The van der Waals surface area contributed by atoms with Crippen LogP contribution in [0.2, 0.25) is 0 Å². The van der Waals surface area contributed by atoms with Gasteiger partial charge in [0.1, 0.15) is 11.3 Å². The first-order valence-corrected chi connectivity index (χ1v) is 7.39. The van der Waals surface area contributed by atoms with Gasteiger partial charge in [0.25, 0.3) is 0 Å². The molecule has 96 valence electrons. The van der Waals surface area contributed by atoms with Crippen molar-refractivity contribution in [1.29, 1.82) is 0 Å². The minimum atomic E-state index is -0.226. The fourth-order valence-corrected chi connectivity index (χ4v) is 2.88. The third kappa shape index (κ3) is 2.27. The molecule has 2 aromatic carbocycles. The van der Waals surface area contributed by atoms with Crippen molar-refractivity contribution >= 4 is 22.7 Å². The van der Waals surface area contributed by atoms with Crippen LogP contribution in [0.1, 0.15) is 17.4 Å². The summed E-state index contributed by atoms with van der Waals surface area (Å²) in [4.78, 5) is 1.19. The molecule has 0 aliphatic rings. The van der Waals surface area contributed by atoms with Crippen LogP contribution in [-0.4, -0.2) is 6.26 Å².